The number of ether oxygens (including phenoxy) is 2. The largest absolute Gasteiger partial charge is 0.382 e. The predicted octanol–water partition coefficient (Wildman–Crippen LogP) is 3.71. The Kier molecular flexibility index (Phi) is 7.53. The summed E-state index contributed by atoms with van der Waals surface area (Å²) in [5.74, 6) is 0. The van der Waals surface area contributed by atoms with Gasteiger partial charge in [0.15, 0.2) is 0 Å². The number of benzene rings is 2. The molecule has 0 spiro atoms. The molecule has 0 amide bonds. The van der Waals surface area contributed by atoms with Gasteiger partial charge in [0.05, 0.1) is 6.61 Å². The summed E-state index contributed by atoms with van der Waals surface area (Å²) in [6.07, 6.45) is 0.0520. The first-order valence-electron chi connectivity index (χ1n) is 5.95. The van der Waals surface area contributed by atoms with Gasteiger partial charge < -0.3 is 9.47 Å². The average Bonchev–Trinajstić information content (AvgIpc) is 2.48. The Hall–Kier alpha value is -1.64. The Bertz CT molecular complexity index is 360. The van der Waals surface area contributed by atoms with Gasteiger partial charge in [-0.25, -0.2) is 0 Å². The second kappa shape index (κ2) is 9.40. The van der Waals surface area contributed by atoms with Crippen LogP contribution >= 0.6 is 0 Å². The van der Waals surface area contributed by atoms with Crippen molar-refractivity contribution in [2.45, 2.75) is 6.10 Å². The molecule has 0 aliphatic carbocycles. The maximum atomic E-state index is 5.25. The zero-order chi connectivity index (χ0) is 13.1. The molecule has 96 valence electrons. The lowest BCUT2D eigenvalue weighted by atomic mass is 10.1. The molecular weight excluding hydrogens is 224 g/mol. The van der Waals surface area contributed by atoms with Crippen LogP contribution < -0.4 is 0 Å². The third-order valence-electron chi connectivity index (χ3n) is 2.44. The first-order chi connectivity index (χ1) is 8.88. The van der Waals surface area contributed by atoms with E-state index < -0.39 is 0 Å². The summed E-state index contributed by atoms with van der Waals surface area (Å²) in [6, 6.07) is 22.1. The van der Waals surface area contributed by atoms with Crippen LogP contribution in [0, 0.1) is 0 Å². The van der Waals surface area contributed by atoms with Crippen LogP contribution in [-0.2, 0) is 9.47 Å². The summed E-state index contributed by atoms with van der Waals surface area (Å²) in [5, 5.41) is 0. The average molecular weight is 244 g/mol. The van der Waals surface area contributed by atoms with Gasteiger partial charge in [0.2, 0.25) is 0 Å². The van der Waals surface area contributed by atoms with E-state index in [0.29, 0.717) is 6.61 Å². The van der Waals surface area contributed by atoms with Crippen molar-refractivity contribution in [3.05, 3.63) is 72.3 Å². The Morgan fingerprint density at radius 2 is 1.22 bits per heavy atom. The fourth-order valence-electron chi connectivity index (χ4n) is 1.50. The molecule has 0 aliphatic rings. The van der Waals surface area contributed by atoms with E-state index in [1.807, 2.05) is 66.7 Å². The second-order valence-electron chi connectivity index (χ2n) is 3.75. The molecule has 0 bridgehead atoms. The SMILES string of the molecule is COC[C@H](OC)c1ccccc1.c1ccccc1. The Balaban J connectivity index is 0.000000225. The Morgan fingerprint density at radius 1 is 0.778 bits per heavy atom. The van der Waals surface area contributed by atoms with Gasteiger partial charge in [0, 0.05) is 14.2 Å². The number of rotatable bonds is 4. The summed E-state index contributed by atoms with van der Waals surface area (Å²) in [6.45, 7) is 0.598. The Labute approximate surface area is 109 Å². The molecule has 0 aliphatic heterocycles. The van der Waals surface area contributed by atoms with E-state index >= 15 is 0 Å². The highest BCUT2D eigenvalue weighted by Gasteiger charge is 2.07. The highest BCUT2D eigenvalue weighted by molar-refractivity contribution is 5.17. The summed E-state index contributed by atoms with van der Waals surface area (Å²) >= 11 is 0. The lowest BCUT2D eigenvalue weighted by Gasteiger charge is -2.13. The van der Waals surface area contributed by atoms with Crippen LogP contribution in [0.4, 0.5) is 0 Å². The lowest BCUT2D eigenvalue weighted by molar-refractivity contribution is 0.0275. The molecule has 0 saturated carbocycles. The van der Waals surface area contributed by atoms with E-state index in [1.165, 1.54) is 0 Å². The van der Waals surface area contributed by atoms with E-state index in [2.05, 4.69) is 0 Å². The second-order valence-corrected chi connectivity index (χ2v) is 3.75. The fraction of sp³-hybridized carbons (Fsp3) is 0.250. The van der Waals surface area contributed by atoms with Gasteiger partial charge in [0.25, 0.3) is 0 Å². The number of hydrogen-bond acceptors (Lipinski definition) is 2. The normalized spacial score (nSPS) is 11.2. The number of methoxy groups -OCH3 is 2. The van der Waals surface area contributed by atoms with Gasteiger partial charge in [-0.2, -0.15) is 0 Å². The van der Waals surface area contributed by atoms with Gasteiger partial charge in [-0.3, -0.25) is 0 Å². The van der Waals surface area contributed by atoms with Crippen molar-refractivity contribution in [3.8, 4) is 0 Å². The number of hydrogen-bond donors (Lipinski definition) is 0. The quantitative estimate of drug-likeness (QED) is 0.816. The van der Waals surface area contributed by atoms with Crippen molar-refractivity contribution in [2.75, 3.05) is 20.8 Å². The Morgan fingerprint density at radius 3 is 1.61 bits per heavy atom. The van der Waals surface area contributed by atoms with Crippen LogP contribution in [0.5, 0.6) is 0 Å². The van der Waals surface area contributed by atoms with Crippen molar-refractivity contribution in [2.24, 2.45) is 0 Å². The zero-order valence-electron chi connectivity index (χ0n) is 11.0. The topological polar surface area (TPSA) is 18.5 Å². The summed E-state index contributed by atoms with van der Waals surface area (Å²) in [7, 11) is 3.37. The molecule has 18 heavy (non-hydrogen) atoms. The van der Waals surface area contributed by atoms with Gasteiger partial charge in [0.1, 0.15) is 6.10 Å². The minimum Gasteiger partial charge on any atom is -0.382 e. The summed E-state index contributed by atoms with van der Waals surface area (Å²) in [5.41, 5.74) is 1.15. The maximum Gasteiger partial charge on any atom is 0.105 e. The van der Waals surface area contributed by atoms with E-state index in [9.17, 15) is 0 Å². The molecule has 2 nitrogen and oxygen atoms in total. The molecule has 0 N–H and O–H groups in total. The summed E-state index contributed by atoms with van der Waals surface area (Å²) < 4.78 is 10.3. The van der Waals surface area contributed by atoms with Crippen LogP contribution in [0.3, 0.4) is 0 Å². The molecule has 2 aromatic rings. The maximum absolute atomic E-state index is 5.25. The molecular formula is C16H20O2. The molecule has 1 atom stereocenters. The van der Waals surface area contributed by atoms with E-state index in [-0.39, 0.29) is 6.10 Å². The molecule has 2 aromatic carbocycles. The van der Waals surface area contributed by atoms with Gasteiger partial charge in [-0.1, -0.05) is 66.7 Å². The third-order valence-corrected chi connectivity index (χ3v) is 2.44. The van der Waals surface area contributed by atoms with Crippen molar-refractivity contribution in [1.82, 2.24) is 0 Å². The first-order valence-corrected chi connectivity index (χ1v) is 5.95. The van der Waals surface area contributed by atoms with Gasteiger partial charge in [-0.05, 0) is 5.56 Å². The van der Waals surface area contributed by atoms with E-state index in [4.69, 9.17) is 9.47 Å². The van der Waals surface area contributed by atoms with E-state index in [1.54, 1.807) is 14.2 Å². The van der Waals surface area contributed by atoms with Gasteiger partial charge in [-0.15, -0.1) is 0 Å². The van der Waals surface area contributed by atoms with Crippen LogP contribution in [-0.4, -0.2) is 20.8 Å². The zero-order valence-corrected chi connectivity index (χ0v) is 11.0. The molecule has 2 heteroatoms. The standard InChI is InChI=1S/C10H14O2.C6H6/c1-11-8-10(12-2)9-6-4-3-5-7-9;1-2-4-6-5-3-1/h3-7,10H,8H2,1-2H3;1-6H/t10-;/m0./s1. The molecule has 0 fully saturated rings. The van der Waals surface area contributed by atoms with Crippen LogP contribution in [0.1, 0.15) is 11.7 Å². The molecule has 0 unspecified atom stereocenters. The molecule has 2 rings (SSSR count). The predicted molar refractivity (Wildman–Crippen MR) is 74.5 cm³/mol. The smallest absolute Gasteiger partial charge is 0.105 e. The van der Waals surface area contributed by atoms with Crippen molar-refractivity contribution >= 4 is 0 Å². The van der Waals surface area contributed by atoms with Crippen molar-refractivity contribution in [1.29, 1.82) is 0 Å². The van der Waals surface area contributed by atoms with Crippen molar-refractivity contribution in [3.63, 3.8) is 0 Å². The highest BCUT2D eigenvalue weighted by Crippen LogP contribution is 2.15. The third kappa shape index (κ3) is 5.62. The van der Waals surface area contributed by atoms with Crippen LogP contribution in [0.25, 0.3) is 0 Å². The lowest BCUT2D eigenvalue weighted by Crippen LogP contribution is -2.07. The minimum absolute atomic E-state index is 0.0520. The van der Waals surface area contributed by atoms with Gasteiger partial charge >= 0.3 is 0 Å². The highest BCUT2D eigenvalue weighted by atomic mass is 16.5. The monoisotopic (exact) mass is 244 g/mol. The molecule has 0 aromatic heterocycles. The minimum atomic E-state index is 0.0520. The van der Waals surface area contributed by atoms with Crippen LogP contribution in [0.2, 0.25) is 0 Å². The van der Waals surface area contributed by atoms with E-state index in [0.717, 1.165) is 5.56 Å². The van der Waals surface area contributed by atoms with Crippen LogP contribution in [0.15, 0.2) is 66.7 Å². The molecule has 0 heterocycles. The first kappa shape index (κ1) is 14.4. The van der Waals surface area contributed by atoms with Crippen molar-refractivity contribution < 1.29 is 9.47 Å². The fourth-order valence-corrected chi connectivity index (χ4v) is 1.50. The molecule has 0 saturated heterocycles. The molecule has 0 radical (unpaired) electrons. The summed E-state index contributed by atoms with van der Waals surface area (Å²) in [4.78, 5) is 0.